The largest absolute Gasteiger partial charge is 0.493 e. The van der Waals surface area contributed by atoms with Crippen molar-refractivity contribution in [3.05, 3.63) is 83.1 Å². The number of esters is 1. The van der Waals surface area contributed by atoms with E-state index in [0.29, 0.717) is 28.4 Å². The zero-order chi connectivity index (χ0) is 24.9. The Hall–Kier alpha value is -4.26. The third-order valence-corrected chi connectivity index (χ3v) is 5.79. The lowest BCUT2D eigenvalue weighted by Gasteiger charge is -2.20. The van der Waals surface area contributed by atoms with Gasteiger partial charge in [0.2, 0.25) is 5.78 Å². The molecular weight excluding hydrogens is 446 g/mol. The number of fused-ring (bicyclic) bond motifs is 1. The number of methoxy groups -OCH3 is 2. The number of nitrogens with zero attached hydrogens (tertiary/aromatic N) is 1. The monoisotopic (exact) mass is 473 g/mol. The molecule has 3 aromatic rings. The van der Waals surface area contributed by atoms with Crippen molar-refractivity contribution in [2.45, 2.75) is 13.8 Å². The second kappa shape index (κ2) is 10.3. The Balaban J connectivity index is 1.49. The molecule has 0 bridgehead atoms. The maximum absolute atomic E-state index is 12.8. The molecule has 0 radical (unpaired) electrons. The first-order valence-corrected chi connectivity index (χ1v) is 11.3. The van der Waals surface area contributed by atoms with Crippen LogP contribution in [-0.4, -0.2) is 39.1 Å². The maximum Gasteiger partial charge on any atom is 0.343 e. The molecule has 0 amide bonds. The number of carbonyl (C=O) groups excluding carboxylic acids is 2. The zero-order valence-electron chi connectivity index (χ0n) is 20.2. The van der Waals surface area contributed by atoms with Crippen molar-refractivity contribution in [3.63, 3.8) is 0 Å². The van der Waals surface area contributed by atoms with E-state index >= 15 is 0 Å². The molecule has 1 heterocycles. The molecule has 0 fully saturated rings. The van der Waals surface area contributed by atoms with Crippen LogP contribution in [0.15, 0.2) is 66.4 Å². The van der Waals surface area contributed by atoms with Gasteiger partial charge in [0.05, 0.1) is 25.3 Å². The molecular formula is C28H27NO6. The molecule has 1 aliphatic rings. The maximum atomic E-state index is 12.8. The summed E-state index contributed by atoms with van der Waals surface area (Å²) in [5.74, 6) is 0.976. The summed E-state index contributed by atoms with van der Waals surface area (Å²) < 4.78 is 21.7. The Morgan fingerprint density at radius 2 is 1.63 bits per heavy atom. The lowest BCUT2D eigenvalue weighted by Crippen LogP contribution is -2.21. The van der Waals surface area contributed by atoms with E-state index in [4.69, 9.17) is 18.9 Å². The molecule has 7 heteroatoms. The minimum atomic E-state index is -0.570. The van der Waals surface area contributed by atoms with Crippen LogP contribution in [0.25, 0.3) is 6.08 Å². The van der Waals surface area contributed by atoms with Gasteiger partial charge in [0, 0.05) is 24.8 Å². The number of ether oxygens (including phenoxy) is 4. The Morgan fingerprint density at radius 1 is 0.914 bits per heavy atom. The summed E-state index contributed by atoms with van der Waals surface area (Å²) in [6, 6.07) is 17.4. The van der Waals surface area contributed by atoms with E-state index < -0.39 is 5.97 Å². The van der Waals surface area contributed by atoms with Crippen molar-refractivity contribution < 1.29 is 28.5 Å². The fourth-order valence-corrected chi connectivity index (χ4v) is 3.88. The molecule has 4 rings (SSSR count). The highest BCUT2D eigenvalue weighted by Gasteiger charge is 2.28. The SMILES string of the molecule is CCN(CC)c1ccc(/C=C2\Oc3cc(OC(=O)c4ccc(OC)c(OC)c4)ccc3C2=O)cc1. The van der Waals surface area contributed by atoms with Gasteiger partial charge in [-0.1, -0.05) is 12.1 Å². The Kier molecular flexibility index (Phi) is 7.06. The molecule has 180 valence electrons. The van der Waals surface area contributed by atoms with Crippen LogP contribution in [0.2, 0.25) is 0 Å². The third kappa shape index (κ3) is 4.99. The molecule has 0 spiro atoms. The van der Waals surface area contributed by atoms with Gasteiger partial charge in [0.25, 0.3) is 0 Å². The van der Waals surface area contributed by atoms with Gasteiger partial charge in [-0.25, -0.2) is 4.79 Å². The molecule has 0 unspecified atom stereocenters. The summed E-state index contributed by atoms with van der Waals surface area (Å²) in [6.45, 7) is 6.07. The second-order valence-corrected chi connectivity index (χ2v) is 7.82. The second-order valence-electron chi connectivity index (χ2n) is 7.82. The number of anilines is 1. The highest BCUT2D eigenvalue weighted by atomic mass is 16.5. The van der Waals surface area contributed by atoms with Gasteiger partial charge >= 0.3 is 5.97 Å². The smallest absolute Gasteiger partial charge is 0.343 e. The summed E-state index contributed by atoms with van der Waals surface area (Å²) in [7, 11) is 3.01. The van der Waals surface area contributed by atoms with Crippen molar-refractivity contribution in [3.8, 4) is 23.0 Å². The molecule has 0 atom stereocenters. The van der Waals surface area contributed by atoms with Gasteiger partial charge in [-0.2, -0.15) is 0 Å². The number of rotatable bonds is 8. The highest BCUT2D eigenvalue weighted by Crippen LogP contribution is 2.35. The first-order chi connectivity index (χ1) is 17.0. The van der Waals surface area contributed by atoms with Gasteiger partial charge in [-0.3, -0.25) is 4.79 Å². The topological polar surface area (TPSA) is 74.3 Å². The fourth-order valence-electron chi connectivity index (χ4n) is 3.88. The molecule has 1 aliphatic heterocycles. The van der Waals surface area contributed by atoms with E-state index in [1.165, 1.54) is 20.3 Å². The molecule has 35 heavy (non-hydrogen) atoms. The van der Waals surface area contributed by atoms with E-state index in [2.05, 4.69) is 18.7 Å². The van der Waals surface area contributed by atoms with Crippen LogP contribution < -0.4 is 23.8 Å². The fraction of sp³-hybridized carbons (Fsp3) is 0.214. The Labute approximate surface area is 204 Å². The standard InChI is InChI=1S/C28H27NO6/c1-5-29(6-2)20-10-7-18(8-11-20)15-26-27(30)22-13-12-21(17-24(22)35-26)34-28(31)19-9-14-23(32-3)25(16-19)33-4/h7-17H,5-6H2,1-4H3/b26-15-. The van der Waals surface area contributed by atoms with E-state index in [0.717, 1.165) is 24.3 Å². The summed E-state index contributed by atoms with van der Waals surface area (Å²) in [5, 5.41) is 0. The number of hydrogen-bond donors (Lipinski definition) is 0. The molecule has 0 saturated heterocycles. The van der Waals surface area contributed by atoms with Crippen LogP contribution in [0.1, 0.15) is 40.1 Å². The number of allylic oxidation sites excluding steroid dienone is 1. The molecule has 0 saturated carbocycles. The number of hydrogen-bond acceptors (Lipinski definition) is 7. The van der Waals surface area contributed by atoms with Crippen LogP contribution in [0.3, 0.4) is 0 Å². The van der Waals surface area contributed by atoms with E-state index in [9.17, 15) is 9.59 Å². The Morgan fingerprint density at radius 3 is 2.29 bits per heavy atom. The van der Waals surface area contributed by atoms with Crippen LogP contribution in [0, 0.1) is 0 Å². The first kappa shape index (κ1) is 23.9. The zero-order valence-corrected chi connectivity index (χ0v) is 20.2. The van der Waals surface area contributed by atoms with Crippen LogP contribution in [-0.2, 0) is 0 Å². The van der Waals surface area contributed by atoms with Crippen LogP contribution in [0.4, 0.5) is 5.69 Å². The average molecular weight is 474 g/mol. The predicted octanol–water partition coefficient (Wildman–Crippen LogP) is 5.39. The Bertz CT molecular complexity index is 1280. The van der Waals surface area contributed by atoms with E-state index in [1.54, 1.807) is 36.4 Å². The third-order valence-electron chi connectivity index (χ3n) is 5.79. The van der Waals surface area contributed by atoms with Crippen molar-refractivity contribution in [1.82, 2.24) is 0 Å². The number of ketones is 1. The van der Waals surface area contributed by atoms with Crippen molar-refractivity contribution in [2.24, 2.45) is 0 Å². The van der Waals surface area contributed by atoms with Gasteiger partial charge in [0.15, 0.2) is 17.3 Å². The summed E-state index contributed by atoms with van der Waals surface area (Å²) in [5.41, 5.74) is 2.70. The summed E-state index contributed by atoms with van der Waals surface area (Å²) in [6.07, 6.45) is 1.71. The van der Waals surface area contributed by atoms with Gasteiger partial charge in [0.1, 0.15) is 11.5 Å². The number of carbonyl (C=O) groups is 2. The summed E-state index contributed by atoms with van der Waals surface area (Å²) in [4.78, 5) is 27.7. The minimum absolute atomic E-state index is 0.217. The molecule has 7 nitrogen and oxygen atoms in total. The van der Waals surface area contributed by atoms with E-state index in [-0.39, 0.29) is 17.3 Å². The highest BCUT2D eigenvalue weighted by molar-refractivity contribution is 6.14. The number of Topliss-reactive ketones (excluding diaryl/α,β-unsaturated/α-hetero) is 1. The predicted molar refractivity (Wildman–Crippen MR) is 134 cm³/mol. The molecule has 0 N–H and O–H groups in total. The van der Waals surface area contributed by atoms with E-state index in [1.807, 2.05) is 24.3 Å². The normalized spacial score (nSPS) is 13.3. The average Bonchev–Trinajstić information content (AvgIpc) is 3.19. The van der Waals surface area contributed by atoms with Crippen LogP contribution in [0.5, 0.6) is 23.0 Å². The first-order valence-electron chi connectivity index (χ1n) is 11.3. The van der Waals surface area contributed by atoms with Crippen molar-refractivity contribution in [1.29, 1.82) is 0 Å². The lowest BCUT2D eigenvalue weighted by atomic mass is 10.1. The minimum Gasteiger partial charge on any atom is -0.493 e. The van der Waals surface area contributed by atoms with Gasteiger partial charge in [-0.05, 0) is 68.0 Å². The molecule has 3 aromatic carbocycles. The van der Waals surface area contributed by atoms with Crippen molar-refractivity contribution >= 4 is 23.5 Å². The summed E-state index contributed by atoms with van der Waals surface area (Å²) >= 11 is 0. The quantitative estimate of drug-likeness (QED) is 0.247. The van der Waals surface area contributed by atoms with Crippen molar-refractivity contribution in [2.75, 3.05) is 32.2 Å². The van der Waals surface area contributed by atoms with Crippen LogP contribution >= 0.6 is 0 Å². The number of benzene rings is 3. The molecule has 0 aromatic heterocycles. The van der Waals surface area contributed by atoms with Gasteiger partial charge in [-0.15, -0.1) is 0 Å². The van der Waals surface area contributed by atoms with Gasteiger partial charge < -0.3 is 23.8 Å². The lowest BCUT2D eigenvalue weighted by molar-refractivity contribution is 0.0734. The molecule has 0 aliphatic carbocycles.